The van der Waals surface area contributed by atoms with Crippen LogP contribution in [0, 0.1) is 11.8 Å². The zero-order chi connectivity index (χ0) is 18.8. The van der Waals surface area contributed by atoms with E-state index in [9.17, 15) is 0 Å². The van der Waals surface area contributed by atoms with Crippen LogP contribution in [0.2, 0.25) is 0 Å². The smallest absolute Gasteiger partial charge is 0.191 e. The summed E-state index contributed by atoms with van der Waals surface area (Å²) in [7, 11) is 0. The Morgan fingerprint density at radius 3 is 2.48 bits per heavy atom. The van der Waals surface area contributed by atoms with Gasteiger partial charge in [-0.3, -0.25) is 9.89 Å². The van der Waals surface area contributed by atoms with E-state index in [1.165, 1.54) is 64.8 Å². The number of piperazine rings is 1. The first-order valence-electron chi connectivity index (χ1n) is 11.1. The molecule has 2 fully saturated rings. The van der Waals surface area contributed by atoms with Gasteiger partial charge in [0.1, 0.15) is 0 Å². The Hall–Kier alpha value is -0.0800. The zero-order valence-corrected chi connectivity index (χ0v) is 20.5. The van der Waals surface area contributed by atoms with Gasteiger partial charge in [-0.05, 0) is 45.1 Å². The lowest BCUT2D eigenvalue weighted by atomic mass is 9.81. The summed E-state index contributed by atoms with van der Waals surface area (Å²) in [4.78, 5) is 9.98. The first-order valence-corrected chi connectivity index (χ1v) is 11.1. The Kier molecular flexibility index (Phi) is 12.9. The van der Waals surface area contributed by atoms with Crippen LogP contribution in [0.5, 0.6) is 0 Å². The van der Waals surface area contributed by atoms with Gasteiger partial charge in [0, 0.05) is 45.3 Å². The van der Waals surface area contributed by atoms with Crippen molar-refractivity contribution in [2.75, 3.05) is 52.4 Å². The molecule has 2 rings (SSSR count). The van der Waals surface area contributed by atoms with Gasteiger partial charge in [0.15, 0.2) is 5.96 Å². The molecule has 5 nitrogen and oxygen atoms in total. The summed E-state index contributed by atoms with van der Waals surface area (Å²) in [5.41, 5.74) is 0. The van der Waals surface area contributed by atoms with E-state index in [1.54, 1.807) is 0 Å². The molecule has 0 amide bonds. The van der Waals surface area contributed by atoms with Crippen LogP contribution in [0.4, 0.5) is 0 Å². The standard InChI is InChI=1S/C21H43N5.HI/c1-5-22-21(23-11-10-20-9-7-8-18(3)16-20)24-17-19(4)26-14-12-25(6-2)13-15-26;/h18-20H,5-17H2,1-4H3,(H2,22,23,24);1H. The summed E-state index contributed by atoms with van der Waals surface area (Å²) < 4.78 is 0. The third-order valence-corrected chi connectivity index (χ3v) is 6.23. The highest BCUT2D eigenvalue weighted by atomic mass is 127. The number of likely N-dealkylation sites (N-methyl/N-ethyl adjacent to an activating group) is 1. The van der Waals surface area contributed by atoms with Gasteiger partial charge in [-0.15, -0.1) is 24.0 Å². The fraction of sp³-hybridized carbons (Fsp3) is 0.952. The van der Waals surface area contributed by atoms with E-state index >= 15 is 0 Å². The molecule has 1 heterocycles. The predicted octanol–water partition coefficient (Wildman–Crippen LogP) is 3.40. The van der Waals surface area contributed by atoms with Gasteiger partial charge >= 0.3 is 0 Å². The average Bonchev–Trinajstić information content (AvgIpc) is 2.66. The van der Waals surface area contributed by atoms with E-state index in [0.717, 1.165) is 37.4 Å². The minimum atomic E-state index is 0. The van der Waals surface area contributed by atoms with Crippen LogP contribution in [0.3, 0.4) is 0 Å². The highest BCUT2D eigenvalue weighted by molar-refractivity contribution is 14.0. The van der Waals surface area contributed by atoms with Crippen molar-refractivity contribution in [1.29, 1.82) is 0 Å². The van der Waals surface area contributed by atoms with E-state index in [2.05, 4.69) is 48.1 Å². The quantitative estimate of drug-likeness (QED) is 0.309. The van der Waals surface area contributed by atoms with Crippen LogP contribution in [0.15, 0.2) is 4.99 Å². The molecule has 0 radical (unpaired) electrons. The molecule has 160 valence electrons. The number of guanidine groups is 1. The molecule has 1 aliphatic heterocycles. The van der Waals surface area contributed by atoms with Gasteiger partial charge in [0.05, 0.1) is 6.54 Å². The largest absolute Gasteiger partial charge is 0.357 e. The van der Waals surface area contributed by atoms with Crippen molar-refractivity contribution in [3.63, 3.8) is 0 Å². The van der Waals surface area contributed by atoms with Crippen LogP contribution in [0.1, 0.15) is 59.8 Å². The summed E-state index contributed by atoms with van der Waals surface area (Å²) in [5.74, 6) is 2.82. The first kappa shape index (κ1) is 25.0. The van der Waals surface area contributed by atoms with E-state index in [1.807, 2.05) is 0 Å². The third-order valence-electron chi connectivity index (χ3n) is 6.23. The van der Waals surface area contributed by atoms with E-state index in [-0.39, 0.29) is 24.0 Å². The average molecular weight is 494 g/mol. The first-order chi connectivity index (χ1) is 12.6. The number of hydrogen-bond acceptors (Lipinski definition) is 3. The second-order valence-electron chi connectivity index (χ2n) is 8.39. The maximum absolute atomic E-state index is 4.86. The molecule has 0 aromatic carbocycles. The summed E-state index contributed by atoms with van der Waals surface area (Å²) in [6, 6.07) is 0.517. The van der Waals surface area contributed by atoms with Crippen LogP contribution in [0.25, 0.3) is 0 Å². The minimum absolute atomic E-state index is 0. The van der Waals surface area contributed by atoms with Gasteiger partial charge in [-0.1, -0.05) is 33.1 Å². The second kappa shape index (κ2) is 14.0. The Bertz CT molecular complexity index is 409. The molecule has 3 unspecified atom stereocenters. The van der Waals surface area contributed by atoms with Gasteiger partial charge in [0.25, 0.3) is 0 Å². The Morgan fingerprint density at radius 2 is 1.85 bits per heavy atom. The lowest BCUT2D eigenvalue weighted by Crippen LogP contribution is -2.50. The predicted molar refractivity (Wildman–Crippen MR) is 128 cm³/mol. The number of rotatable bonds is 8. The van der Waals surface area contributed by atoms with E-state index in [0.29, 0.717) is 6.04 Å². The summed E-state index contributed by atoms with van der Waals surface area (Å²) in [5, 5.41) is 6.99. The fourth-order valence-electron chi connectivity index (χ4n) is 4.42. The lowest BCUT2D eigenvalue weighted by Gasteiger charge is -2.37. The molecule has 2 aliphatic rings. The van der Waals surface area contributed by atoms with Crippen molar-refractivity contribution in [3.8, 4) is 0 Å². The zero-order valence-electron chi connectivity index (χ0n) is 18.2. The fourth-order valence-corrected chi connectivity index (χ4v) is 4.42. The SMILES string of the molecule is CCNC(=NCC(C)N1CCN(CC)CC1)NCCC1CCCC(C)C1.I. The van der Waals surface area contributed by atoms with Crippen molar-refractivity contribution in [2.45, 2.75) is 65.8 Å². The molecule has 0 aromatic rings. The van der Waals surface area contributed by atoms with Crippen molar-refractivity contribution < 1.29 is 0 Å². The van der Waals surface area contributed by atoms with Crippen molar-refractivity contribution in [2.24, 2.45) is 16.8 Å². The number of nitrogens with zero attached hydrogens (tertiary/aromatic N) is 3. The monoisotopic (exact) mass is 493 g/mol. The van der Waals surface area contributed by atoms with Crippen molar-refractivity contribution in [1.82, 2.24) is 20.4 Å². The maximum atomic E-state index is 4.86. The molecule has 1 saturated heterocycles. The molecule has 2 N–H and O–H groups in total. The molecule has 3 atom stereocenters. The van der Waals surface area contributed by atoms with E-state index < -0.39 is 0 Å². The number of aliphatic imine (C=N–C) groups is 1. The number of hydrogen-bond donors (Lipinski definition) is 2. The van der Waals surface area contributed by atoms with Gasteiger partial charge in [0.2, 0.25) is 0 Å². The second-order valence-corrected chi connectivity index (χ2v) is 8.39. The summed E-state index contributed by atoms with van der Waals surface area (Å²) in [6.07, 6.45) is 6.96. The van der Waals surface area contributed by atoms with Gasteiger partial charge < -0.3 is 15.5 Å². The molecule has 0 bridgehead atoms. The van der Waals surface area contributed by atoms with Crippen LogP contribution >= 0.6 is 24.0 Å². The maximum Gasteiger partial charge on any atom is 0.191 e. The summed E-state index contributed by atoms with van der Waals surface area (Å²) >= 11 is 0. The Morgan fingerprint density at radius 1 is 1.11 bits per heavy atom. The topological polar surface area (TPSA) is 42.9 Å². The number of nitrogens with one attached hydrogen (secondary N) is 2. The third kappa shape index (κ3) is 9.31. The molecule has 1 aliphatic carbocycles. The van der Waals surface area contributed by atoms with Crippen LogP contribution in [-0.4, -0.2) is 74.2 Å². The Labute approximate surface area is 185 Å². The molecule has 6 heteroatoms. The molecular weight excluding hydrogens is 449 g/mol. The van der Waals surface area contributed by atoms with Crippen LogP contribution < -0.4 is 10.6 Å². The molecular formula is C21H44IN5. The molecule has 0 aromatic heterocycles. The lowest BCUT2D eigenvalue weighted by molar-refractivity contribution is 0.109. The molecule has 0 spiro atoms. The minimum Gasteiger partial charge on any atom is -0.357 e. The molecule has 1 saturated carbocycles. The van der Waals surface area contributed by atoms with Crippen molar-refractivity contribution in [3.05, 3.63) is 0 Å². The van der Waals surface area contributed by atoms with Crippen molar-refractivity contribution >= 4 is 29.9 Å². The van der Waals surface area contributed by atoms with Gasteiger partial charge in [-0.2, -0.15) is 0 Å². The highest BCUT2D eigenvalue weighted by Gasteiger charge is 2.20. The van der Waals surface area contributed by atoms with Gasteiger partial charge in [-0.25, -0.2) is 0 Å². The highest BCUT2D eigenvalue weighted by Crippen LogP contribution is 2.30. The van der Waals surface area contributed by atoms with Crippen LogP contribution in [-0.2, 0) is 0 Å². The normalized spacial score (nSPS) is 26.3. The number of halogens is 1. The Balaban J connectivity index is 0.00000364. The summed E-state index contributed by atoms with van der Waals surface area (Å²) in [6.45, 7) is 17.9. The van der Waals surface area contributed by atoms with E-state index in [4.69, 9.17) is 4.99 Å². The molecule has 27 heavy (non-hydrogen) atoms.